The fourth-order valence-corrected chi connectivity index (χ4v) is 4.98. The number of nitrogens with one attached hydrogen (secondary N) is 1. The molecule has 8 heteroatoms. The van der Waals surface area contributed by atoms with E-state index in [2.05, 4.69) is 15.3 Å². The molecule has 1 aliphatic heterocycles. The summed E-state index contributed by atoms with van der Waals surface area (Å²) >= 11 is 3.03. The van der Waals surface area contributed by atoms with Gasteiger partial charge in [-0.2, -0.15) is 0 Å². The number of carbonyl (C=O) groups excluding carboxylic acids is 1. The molecule has 1 unspecified atom stereocenters. The Balaban J connectivity index is 1.63. The molecular weight excluding hydrogens is 344 g/mol. The SMILES string of the molecule is CC(O)[C@]1(C)CCCN1C(=O)Nc1nc2ccc3scnc3c2s1. The van der Waals surface area contributed by atoms with Crippen molar-refractivity contribution in [2.24, 2.45) is 0 Å². The Kier molecular flexibility index (Phi) is 3.70. The third-order valence-corrected chi connectivity index (χ3v) is 6.68. The molecule has 1 aliphatic rings. The van der Waals surface area contributed by atoms with E-state index in [0.29, 0.717) is 11.7 Å². The van der Waals surface area contributed by atoms with E-state index < -0.39 is 11.6 Å². The highest BCUT2D eigenvalue weighted by Gasteiger charge is 2.43. The van der Waals surface area contributed by atoms with Crippen LogP contribution in [0.1, 0.15) is 26.7 Å². The Morgan fingerprint density at radius 3 is 3.12 bits per heavy atom. The van der Waals surface area contributed by atoms with Crippen LogP contribution in [-0.4, -0.2) is 44.2 Å². The lowest BCUT2D eigenvalue weighted by molar-refractivity contribution is 0.0384. The fourth-order valence-electron chi connectivity index (χ4n) is 3.28. The summed E-state index contributed by atoms with van der Waals surface area (Å²) in [5.41, 5.74) is 3.07. The Hall–Kier alpha value is -1.77. The third-order valence-electron chi connectivity index (χ3n) is 4.90. The molecule has 126 valence electrons. The number of urea groups is 1. The van der Waals surface area contributed by atoms with Crippen LogP contribution < -0.4 is 5.32 Å². The molecule has 0 radical (unpaired) electrons. The number of aliphatic hydroxyl groups is 1. The molecule has 1 fully saturated rings. The number of fused-ring (bicyclic) bond motifs is 3. The van der Waals surface area contributed by atoms with Gasteiger partial charge in [0.15, 0.2) is 5.13 Å². The second-order valence-corrected chi connectivity index (χ2v) is 8.24. The number of hydrogen-bond acceptors (Lipinski definition) is 6. The lowest BCUT2D eigenvalue weighted by atomic mass is 9.93. The number of thiazole rings is 2. The zero-order valence-corrected chi connectivity index (χ0v) is 15.1. The molecule has 24 heavy (non-hydrogen) atoms. The van der Waals surface area contributed by atoms with E-state index in [1.165, 1.54) is 11.3 Å². The van der Waals surface area contributed by atoms with Crippen molar-refractivity contribution in [3.05, 3.63) is 17.6 Å². The van der Waals surface area contributed by atoms with E-state index in [1.807, 2.05) is 24.6 Å². The van der Waals surface area contributed by atoms with E-state index in [-0.39, 0.29) is 6.03 Å². The lowest BCUT2D eigenvalue weighted by Gasteiger charge is -2.37. The number of hydrogen-bond donors (Lipinski definition) is 2. The first-order chi connectivity index (χ1) is 11.5. The van der Waals surface area contributed by atoms with Crippen LogP contribution in [0.3, 0.4) is 0 Å². The summed E-state index contributed by atoms with van der Waals surface area (Å²) in [4.78, 5) is 23.3. The standard InChI is InChI=1S/C16H18N4O2S2/c1-9(21)16(2)6-3-7-20(16)15(22)19-14-18-10-4-5-11-12(13(10)24-14)17-8-23-11/h4-5,8-9,21H,3,6-7H2,1-2H3,(H,18,19,22)/t9?,16-/m0/s1. The summed E-state index contributed by atoms with van der Waals surface area (Å²) in [6.07, 6.45) is 1.13. The summed E-state index contributed by atoms with van der Waals surface area (Å²) in [5.74, 6) is 0. The minimum atomic E-state index is -0.573. The van der Waals surface area contributed by atoms with Gasteiger partial charge in [-0.15, -0.1) is 11.3 Å². The maximum Gasteiger partial charge on any atom is 0.324 e. The van der Waals surface area contributed by atoms with Gasteiger partial charge in [0, 0.05) is 6.54 Å². The molecule has 0 aliphatic carbocycles. The second kappa shape index (κ2) is 5.65. The van der Waals surface area contributed by atoms with Gasteiger partial charge < -0.3 is 10.0 Å². The number of likely N-dealkylation sites (tertiary alicyclic amines) is 1. The van der Waals surface area contributed by atoms with Gasteiger partial charge in [-0.25, -0.2) is 14.8 Å². The normalized spacial score (nSPS) is 22.4. The van der Waals surface area contributed by atoms with Crippen LogP contribution in [-0.2, 0) is 0 Å². The Bertz CT molecular complexity index is 919. The first kappa shape index (κ1) is 15.7. The van der Waals surface area contributed by atoms with Crippen molar-refractivity contribution in [3.63, 3.8) is 0 Å². The number of nitrogens with zero attached hydrogens (tertiary/aromatic N) is 3. The molecule has 2 atom stereocenters. The molecule has 0 saturated carbocycles. The molecule has 0 bridgehead atoms. The monoisotopic (exact) mass is 362 g/mol. The van der Waals surface area contributed by atoms with Gasteiger partial charge in [-0.3, -0.25) is 5.32 Å². The minimum Gasteiger partial charge on any atom is -0.391 e. The number of rotatable bonds is 2. The van der Waals surface area contributed by atoms with Crippen LogP contribution in [0.15, 0.2) is 17.6 Å². The largest absolute Gasteiger partial charge is 0.391 e. The third kappa shape index (κ3) is 2.37. The van der Waals surface area contributed by atoms with Crippen molar-refractivity contribution in [2.75, 3.05) is 11.9 Å². The van der Waals surface area contributed by atoms with E-state index >= 15 is 0 Å². The number of benzene rings is 1. The fraction of sp³-hybridized carbons (Fsp3) is 0.438. The highest BCUT2D eigenvalue weighted by Crippen LogP contribution is 2.35. The van der Waals surface area contributed by atoms with E-state index in [0.717, 1.165) is 33.3 Å². The summed E-state index contributed by atoms with van der Waals surface area (Å²) in [5, 5.41) is 13.5. The molecule has 2 N–H and O–H groups in total. The van der Waals surface area contributed by atoms with Gasteiger partial charge in [0.2, 0.25) is 0 Å². The number of aromatic nitrogens is 2. The number of amides is 2. The first-order valence-electron chi connectivity index (χ1n) is 7.88. The van der Waals surface area contributed by atoms with Crippen molar-refractivity contribution in [3.8, 4) is 0 Å². The summed E-state index contributed by atoms with van der Waals surface area (Å²) in [7, 11) is 0. The molecule has 0 spiro atoms. The van der Waals surface area contributed by atoms with E-state index in [1.54, 1.807) is 23.2 Å². The van der Waals surface area contributed by atoms with Crippen molar-refractivity contribution >= 4 is 54.3 Å². The zero-order valence-electron chi connectivity index (χ0n) is 13.4. The van der Waals surface area contributed by atoms with Gasteiger partial charge in [0.1, 0.15) is 5.52 Å². The average molecular weight is 362 g/mol. The molecule has 2 amide bonds. The molecule has 6 nitrogen and oxygen atoms in total. The van der Waals surface area contributed by atoms with E-state index in [4.69, 9.17) is 0 Å². The predicted octanol–water partition coefficient (Wildman–Crippen LogP) is 3.67. The van der Waals surface area contributed by atoms with Crippen molar-refractivity contribution < 1.29 is 9.90 Å². The molecule has 2 aromatic heterocycles. The predicted molar refractivity (Wildman–Crippen MR) is 97.8 cm³/mol. The quantitative estimate of drug-likeness (QED) is 0.729. The van der Waals surface area contributed by atoms with Crippen LogP contribution in [0, 0.1) is 0 Å². The Morgan fingerprint density at radius 2 is 2.33 bits per heavy atom. The molecule has 1 saturated heterocycles. The number of anilines is 1. The maximum absolute atomic E-state index is 12.7. The van der Waals surface area contributed by atoms with Crippen LogP contribution >= 0.6 is 22.7 Å². The average Bonchev–Trinajstić information content (AvgIpc) is 3.22. The van der Waals surface area contributed by atoms with Crippen molar-refractivity contribution in [1.29, 1.82) is 0 Å². The molecule has 4 rings (SSSR count). The maximum atomic E-state index is 12.7. The smallest absolute Gasteiger partial charge is 0.324 e. The van der Waals surface area contributed by atoms with Crippen LogP contribution in [0.2, 0.25) is 0 Å². The zero-order chi connectivity index (χ0) is 16.9. The van der Waals surface area contributed by atoms with Crippen LogP contribution in [0.25, 0.3) is 20.4 Å². The summed E-state index contributed by atoms with van der Waals surface area (Å²) < 4.78 is 2.11. The van der Waals surface area contributed by atoms with Gasteiger partial charge >= 0.3 is 6.03 Å². The topological polar surface area (TPSA) is 78.4 Å². The van der Waals surface area contributed by atoms with Crippen molar-refractivity contribution in [2.45, 2.75) is 38.3 Å². The lowest BCUT2D eigenvalue weighted by Crippen LogP contribution is -2.53. The van der Waals surface area contributed by atoms with Crippen molar-refractivity contribution in [1.82, 2.24) is 14.9 Å². The van der Waals surface area contributed by atoms with Gasteiger partial charge in [-0.1, -0.05) is 11.3 Å². The Labute approximate surface area is 147 Å². The van der Waals surface area contributed by atoms with E-state index in [9.17, 15) is 9.90 Å². The molecule has 3 aromatic rings. The van der Waals surface area contributed by atoms with Gasteiger partial charge in [0.05, 0.1) is 32.1 Å². The second-order valence-electron chi connectivity index (χ2n) is 6.35. The number of carbonyl (C=O) groups is 1. The Morgan fingerprint density at radius 1 is 1.50 bits per heavy atom. The highest BCUT2D eigenvalue weighted by atomic mass is 32.1. The van der Waals surface area contributed by atoms with Gasteiger partial charge in [-0.05, 0) is 38.8 Å². The summed E-state index contributed by atoms with van der Waals surface area (Å²) in [6, 6.07) is 3.76. The minimum absolute atomic E-state index is 0.204. The number of aliphatic hydroxyl groups excluding tert-OH is 1. The van der Waals surface area contributed by atoms with Crippen LogP contribution in [0.5, 0.6) is 0 Å². The van der Waals surface area contributed by atoms with Gasteiger partial charge in [0.25, 0.3) is 0 Å². The summed E-state index contributed by atoms with van der Waals surface area (Å²) in [6.45, 7) is 4.32. The molecular formula is C16H18N4O2S2. The molecule has 3 heterocycles. The molecule has 1 aromatic carbocycles. The highest BCUT2D eigenvalue weighted by molar-refractivity contribution is 7.24. The van der Waals surface area contributed by atoms with Crippen LogP contribution in [0.4, 0.5) is 9.93 Å². The first-order valence-corrected chi connectivity index (χ1v) is 9.58.